The zero-order chi connectivity index (χ0) is 20.9. The van der Waals surface area contributed by atoms with E-state index < -0.39 is 0 Å². The maximum absolute atomic E-state index is 13.1. The van der Waals surface area contributed by atoms with E-state index >= 15 is 0 Å². The SMILES string of the molecule is C=CCn1c(SCc2nnc(-c3ccc(F)cc3)o2)nnc1-c1ccccc1OC. The monoisotopic (exact) mass is 423 g/mol. The molecule has 0 aliphatic heterocycles. The van der Waals surface area contributed by atoms with E-state index in [0.717, 1.165) is 5.56 Å². The molecule has 0 aliphatic carbocycles. The van der Waals surface area contributed by atoms with Crippen LogP contribution >= 0.6 is 11.8 Å². The maximum Gasteiger partial charge on any atom is 0.247 e. The summed E-state index contributed by atoms with van der Waals surface area (Å²) in [6.45, 7) is 4.37. The highest BCUT2D eigenvalue weighted by molar-refractivity contribution is 7.98. The lowest BCUT2D eigenvalue weighted by molar-refractivity contribution is 0.416. The first-order chi connectivity index (χ1) is 14.7. The molecule has 0 radical (unpaired) electrons. The average molecular weight is 423 g/mol. The van der Waals surface area contributed by atoms with Gasteiger partial charge in [-0.15, -0.1) is 27.0 Å². The Kier molecular flexibility index (Phi) is 5.89. The van der Waals surface area contributed by atoms with Crippen molar-refractivity contribution in [2.75, 3.05) is 7.11 Å². The molecule has 0 fully saturated rings. The molecule has 0 unspecified atom stereocenters. The molecule has 9 heteroatoms. The van der Waals surface area contributed by atoms with E-state index in [0.29, 0.717) is 46.4 Å². The molecule has 152 valence electrons. The van der Waals surface area contributed by atoms with Gasteiger partial charge in [0.25, 0.3) is 0 Å². The normalized spacial score (nSPS) is 10.9. The van der Waals surface area contributed by atoms with Gasteiger partial charge in [-0.3, -0.25) is 4.57 Å². The maximum atomic E-state index is 13.1. The summed E-state index contributed by atoms with van der Waals surface area (Å²) >= 11 is 1.42. The van der Waals surface area contributed by atoms with Gasteiger partial charge in [0.1, 0.15) is 11.6 Å². The second-order valence-electron chi connectivity index (χ2n) is 6.20. The van der Waals surface area contributed by atoms with Crippen molar-refractivity contribution in [2.45, 2.75) is 17.5 Å². The molecule has 0 amide bonds. The van der Waals surface area contributed by atoms with E-state index in [1.807, 2.05) is 28.8 Å². The highest BCUT2D eigenvalue weighted by Crippen LogP contribution is 2.32. The number of allylic oxidation sites excluding steroid dienone is 1. The number of hydrogen-bond donors (Lipinski definition) is 0. The van der Waals surface area contributed by atoms with Crippen molar-refractivity contribution in [1.29, 1.82) is 0 Å². The van der Waals surface area contributed by atoms with Crippen LogP contribution in [0.3, 0.4) is 0 Å². The topological polar surface area (TPSA) is 78.9 Å². The molecule has 0 spiro atoms. The summed E-state index contributed by atoms with van der Waals surface area (Å²) < 4.78 is 26.2. The fraction of sp³-hybridized carbons (Fsp3) is 0.143. The molecule has 0 atom stereocenters. The molecular formula is C21H18FN5O2S. The lowest BCUT2D eigenvalue weighted by Crippen LogP contribution is -2.01. The number of hydrogen-bond acceptors (Lipinski definition) is 7. The highest BCUT2D eigenvalue weighted by atomic mass is 32.2. The van der Waals surface area contributed by atoms with Gasteiger partial charge in [-0.05, 0) is 36.4 Å². The predicted molar refractivity (Wildman–Crippen MR) is 111 cm³/mol. The minimum atomic E-state index is -0.318. The minimum absolute atomic E-state index is 0.318. The quantitative estimate of drug-likeness (QED) is 0.302. The molecule has 0 N–H and O–H groups in total. The largest absolute Gasteiger partial charge is 0.496 e. The van der Waals surface area contributed by atoms with E-state index in [9.17, 15) is 4.39 Å². The molecule has 2 aromatic heterocycles. The molecule has 7 nitrogen and oxygen atoms in total. The number of ether oxygens (including phenoxy) is 1. The van der Waals surface area contributed by atoms with Gasteiger partial charge >= 0.3 is 0 Å². The number of rotatable bonds is 8. The van der Waals surface area contributed by atoms with E-state index in [-0.39, 0.29) is 5.82 Å². The number of halogens is 1. The van der Waals surface area contributed by atoms with Crippen molar-refractivity contribution >= 4 is 11.8 Å². The molecule has 4 rings (SSSR count). The first-order valence-corrected chi connectivity index (χ1v) is 10.1. The zero-order valence-electron chi connectivity index (χ0n) is 16.2. The Balaban J connectivity index is 1.55. The Labute approximate surface area is 176 Å². The summed E-state index contributed by atoms with van der Waals surface area (Å²) in [5.41, 5.74) is 1.51. The summed E-state index contributed by atoms with van der Waals surface area (Å²) in [5.74, 6) is 2.27. The molecule has 2 heterocycles. The summed E-state index contributed by atoms with van der Waals surface area (Å²) in [6.07, 6.45) is 1.78. The van der Waals surface area contributed by atoms with Crippen LogP contribution in [0, 0.1) is 5.82 Å². The van der Waals surface area contributed by atoms with Crippen LogP contribution in [0.2, 0.25) is 0 Å². The third kappa shape index (κ3) is 4.11. The van der Waals surface area contributed by atoms with E-state index in [4.69, 9.17) is 9.15 Å². The molecule has 4 aromatic rings. The Morgan fingerprint density at radius 1 is 1.10 bits per heavy atom. The van der Waals surface area contributed by atoms with Crippen LogP contribution in [0.25, 0.3) is 22.8 Å². The van der Waals surface area contributed by atoms with Crippen LogP contribution in [-0.4, -0.2) is 32.1 Å². The van der Waals surface area contributed by atoms with E-state index in [2.05, 4.69) is 27.0 Å². The second kappa shape index (κ2) is 8.91. The fourth-order valence-corrected chi connectivity index (χ4v) is 3.65. The molecule has 2 aromatic carbocycles. The smallest absolute Gasteiger partial charge is 0.247 e. The third-order valence-corrected chi connectivity index (χ3v) is 5.21. The van der Waals surface area contributed by atoms with Crippen LogP contribution in [0.5, 0.6) is 5.75 Å². The van der Waals surface area contributed by atoms with Gasteiger partial charge in [0.05, 0.1) is 18.4 Å². The van der Waals surface area contributed by atoms with Crippen molar-refractivity contribution in [3.63, 3.8) is 0 Å². The van der Waals surface area contributed by atoms with Gasteiger partial charge in [0.2, 0.25) is 11.8 Å². The van der Waals surface area contributed by atoms with E-state index in [1.54, 1.807) is 25.3 Å². The Morgan fingerprint density at radius 2 is 1.90 bits per heavy atom. The summed E-state index contributed by atoms with van der Waals surface area (Å²) in [7, 11) is 1.62. The predicted octanol–water partition coefficient (Wildman–Crippen LogP) is 4.62. The minimum Gasteiger partial charge on any atom is -0.496 e. The van der Waals surface area contributed by atoms with Crippen LogP contribution in [-0.2, 0) is 12.3 Å². The number of benzene rings is 2. The van der Waals surface area contributed by atoms with Crippen LogP contribution < -0.4 is 4.74 Å². The zero-order valence-corrected chi connectivity index (χ0v) is 17.0. The molecular weight excluding hydrogens is 405 g/mol. The van der Waals surface area contributed by atoms with Gasteiger partial charge in [0.15, 0.2) is 11.0 Å². The molecule has 30 heavy (non-hydrogen) atoms. The lowest BCUT2D eigenvalue weighted by atomic mass is 10.2. The first-order valence-electron chi connectivity index (χ1n) is 9.08. The molecule has 0 saturated heterocycles. The first kappa shape index (κ1) is 19.8. The van der Waals surface area contributed by atoms with Crippen molar-refractivity contribution < 1.29 is 13.5 Å². The van der Waals surface area contributed by atoms with Crippen molar-refractivity contribution in [3.8, 4) is 28.6 Å². The Hall–Kier alpha value is -3.46. The summed E-state index contributed by atoms with van der Waals surface area (Å²) in [5, 5.41) is 17.5. The standard InChI is InChI=1S/C21H18FN5O2S/c1-3-12-27-19(16-6-4-5-7-17(16)28-2)24-26-21(27)30-13-18-23-25-20(29-18)14-8-10-15(22)11-9-14/h3-11H,1,12-13H2,2H3. The fourth-order valence-electron chi connectivity index (χ4n) is 2.87. The second-order valence-corrected chi connectivity index (χ2v) is 7.14. The van der Waals surface area contributed by atoms with Crippen molar-refractivity contribution in [3.05, 3.63) is 72.9 Å². The van der Waals surface area contributed by atoms with Crippen LogP contribution in [0.1, 0.15) is 5.89 Å². The summed E-state index contributed by atoms with van der Waals surface area (Å²) in [4.78, 5) is 0. The Bertz CT molecular complexity index is 1160. The van der Waals surface area contributed by atoms with Gasteiger partial charge < -0.3 is 9.15 Å². The third-order valence-electron chi connectivity index (χ3n) is 4.26. The van der Waals surface area contributed by atoms with Crippen molar-refractivity contribution in [2.24, 2.45) is 0 Å². The van der Waals surface area contributed by atoms with Crippen LogP contribution in [0.4, 0.5) is 4.39 Å². The lowest BCUT2D eigenvalue weighted by Gasteiger charge is -2.10. The van der Waals surface area contributed by atoms with Gasteiger partial charge in [-0.1, -0.05) is 30.0 Å². The number of nitrogens with zero attached hydrogens (tertiary/aromatic N) is 5. The molecule has 0 aliphatic rings. The summed E-state index contributed by atoms with van der Waals surface area (Å²) in [6, 6.07) is 13.5. The molecule has 0 bridgehead atoms. The van der Waals surface area contributed by atoms with Gasteiger partial charge in [-0.25, -0.2) is 4.39 Å². The number of aromatic nitrogens is 5. The van der Waals surface area contributed by atoms with Gasteiger partial charge in [-0.2, -0.15) is 0 Å². The number of thioether (sulfide) groups is 1. The van der Waals surface area contributed by atoms with E-state index in [1.165, 1.54) is 23.9 Å². The van der Waals surface area contributed by atoms with Crippen molar-refractivity contribution in [1.82, 2.24) is 25.0 Å². The number of para-hydroxylation sites is 1. The Morgan fingerprint density at radius 3 is 2.67 bits per heavy atom. The molecule has 0 saturated carbocycles. The average Bonchev–Trinajstić information content (AvgIpc) is 3.40. The highest BCUT2D eigenvalue weighted by Gasteiger charge is 2.18. The van der Waals surface area contributed by atoms with Crippen LogP contribution in [0.15, 0.2) is 70.8 Å². The van der Waals surface area contributed by atoms with Gasteiger partial charge in [0, 0.05) is 12.1 Å². The number of methoxy groups -OCH3 is 1.